The number of carbonyl (C=O) groups excluding carboxylic acids is 1. The van der Waals surface area contributed by atoms with Gasteiger partial charge in [0.1, 0.15) is 10.8 Å². The van der Waals surface area contributed by atoms with Crippen molar-refractivity contribution >= 4 is 29.5 Å². The molecule has 2 N–H and O–H groups in total. The number of pyridine rings is 1. The van der Waals surface area contributed by atoms with Crippen LogP contribution < -0.4 is 10.2 Å². The maximum Gasteiger partial charge on any atom is 0.303 e. The number of aliphatic carboxylic acids is 1. The van der Waals surface area contributed by atoms with Crippen molar-refractivity contribution in [1.29, 1.82) is 0 Å². The summed E-state index contributed by atoms with van der Waals surface area (Å²) in [7, 11) is 0. The van der Waals surface area contributed by atoms with Crippen LogP contribution in [-0.2, 0) is 4.79 Å². The Kier molecular flexibility index (Phi) is 6.86. The zero-order valence-corrected chi connectivity index (χ0v) is 20.5. The second-order valence-electron chi connectivity index (χ2n) is 10.9. The maximum absolute atomic E-state index is 13.4. The summed E-state index contributed by atoms with van der Waals surface area (Å²) in [4.78, 5) is 31.7. The lowest BCUT2D eigenvalue weighted by Gasteiger charge is -2.54. The number of thioether (sulfide) groups is 1. The van der Waals surface area contributed by atoms with E-state index < -0.39 is 5.97 Å². The predicted molar refractivity (Wildman–Crippen MR) is 131 cm³/mol. The Morgan fingerprint density at radius 2 is 1.88 bits per heavy atom. The number of rotatable bonds is 8. The molecule has 1 atom stereocenters. The van der Waals surface area contributed by atoms with Crippen molar-refractivity contribution in [3.8, 4) is 0 Å². The van der Waals surface area contributed by atoms with Gasteiger partial charge in [0.15, 0.2) is 0 Å². The van der Waals surface area contributed by atoms with E-state index in [9.17, 15) is 14.7 Å². The van der Waals surface area contributed by atoms with Gasteiger partial charge in [-0.05, 0) is 98.8 Å². The molecule has 0 spiro atoms. The van der Waals surface area contributed by atoms with E-state index in [-0.39, 0.29) is 18.2 Å². The predicted octanol–water partition coefficient (Wildman–Crippen LogP) is 4.83. The lowest BCUT2D eigenvalue weighted by atomic mass is 9.54. The second kappa shape index (κ2) is 9.85. The molecule has 0 unspecified atom stereocenters. The van der Waals surface area contributed by atoms with Gasteiger partial charge in [-0.25, -0.2) is 4.98 Å². The van der Waals surface area contributed by atoms with Crippen molar-refractivity contribution in [3.05, 3.63) is 17.7 Å². The fraction of sp³-hybridized carbons (Fsp3) is 0.731. The topological polar surface area (TPSA) is 82.5 Å². The minimum Gasteiger partial charge on any atom is -0.481 e. The van der Waals surface area contributed by atoms with Crippen LogP contribution in [0.1, 0.15) is 75.1 Å². The van der Waals surface area contributed by atoms with Crippen molar-refractivity contribution in [2.45, 2.75) is 75.8 Å². The lowest BCUT2D eigenvalue weighted by Crippen LogP contribution is -2.55. The largest absolute Gasteiger partial charge is 0.481 e. The fourth-order valence-corrected chi connectivity index (χ4v) is 8.04. The first-order valence-corrected chi connectivity index (χ1v) is 13.9. The third kappa shape index (κ3) is 5.03. The van der Waals surface area contributed by atoms with Crippen LogP contribution in [-0.4, -0.2) is 46.9 Å². The molecule has 6 rings (SSSR count). The fourth-order valence-electron chi connectivity index (χ4n) is 7.17. The molecule has 7 heteroatoms. The molecule has 33 heavy (non-hydrogen) atoms. The Balaban J connectivity index is 1.31. The summed E-state index contributed by atoms with van der Waals surface area (Å²) < 4.78 is 0. The molecule has 180 valence electrons. The number of carboxylic acids is 1. The van der Waals surface area contributed by atoms with Crippen molar-refractivity contribution in [3.63, 3.8) is 0 Å². The van der Waals surface area contributed by atoms with Crippen molar-refractivity contribution in [2.75, 3.05) is 23.7 Å². The van der Waals surface area contributed by atoms with Gasteiger partial charge in [-0.2, -0.15) is 0 Å². The summed E-state index contributed by atoms with van der Waals surface area (Å²) in [5.41, 5.74) is 0.699. The van der Waals surface area contributed by atoms with E-state index in [1.165, 1.54) is 32.1 Å². The molecule has 5 aliphatic rings. The number of carboxylic acid groups (broad SMARTS) is 1. The molecule has 1 saturated heterocycles. The van der Waals surface area contributed by atoms with Crippen LogP contribution in [0.5, 0.6) is 0 Å². The molecular weight excluding hydrogens is 434 g/mol. The summed E-state index contributed by atoms with van der Waals surface area (Å²) in [6, 6.07) is 4.24. The molecule has 0 radical (unpaired) electrons. The van der Waals surface area contributed by atoms with Crippen LogP contribution in [0.4, 0.5) is 5.82 Å². The van der Waals surface area contributed by atoms with Crippen molar-refractivity contribution in [2.24, 2.45) is 29.6 Å². The van der Waals surface area contributed by atoms with Crippen LogP contribution in [0.2, 0.25) is 0 Å². The molecule has 4 bridgehead atoms. The summed E-state index contributed by atoms with van der Waals surface area (Å²) >= 11 is 1.66. The number of amides is 1. The smallest absolute Gasteiger partial charge is 0.303 e. The lowest BCUT2D eigenvalue weighted by molar-refractivity contribution is -0.138. The maximum atomic E-state index is 13.4. The van der Waals surface area contributed by atoms with E-state index in [4.69, 9.17) is 4.98 Å². The van der Waals surface area contributed by atoms with Gasteiger partial charge in [0.2, 0.25) is 0 Å². The molecular formula is C26H37N3O3S. The van der Waals surface area contributed by atoms with Crippen LogP contribution in [0, 0.1) is 29.6 Å². The molecule has 4 aliphatic carbocycles. The number of aromatic nitrogens is 1. The SMILES string of the molecule is CCCSc1nc(N2CCC[C@@H](CC(=O)O)C2)ccc1C(=O)NC1C2CC3CC(C2)CC1C3. The Bertz CT molecular complexity index is 864. The summed E-state index contributed by atoms with van der Waals surface area (Å²) in [5.74, 6) is 4.36. The number of anilines is 1. The zero-order chi connectivity index (χ0) is 22.9. The third-order valence-corrected chi connectivity index (χ3v) is 9.56. The number of nitrogens with zero attached hydrogens (tertiary/aromatic N) is 2. The number of hydrogen-bond acceptors (Lipinski definition) is 5. The Morgan fingerprint density at radius 1 is 1.15 bits per heavy atom. The van der Waals surface area contributed by atoms with Gasteiger partial charge < -0.3 is 15.3 Å². The van der Waals surface area contributed by atoms with Crippen LogP contribution >= 0.6 is 11.8 Å². The van der Waals surface area contributed by atoms with E-state index >= 15 is 0 Å². The minimum absolute atomic E-state index is 0.0347. The van der Waals surface area contributed by atoms with E-state index in [1.54, 1.807) is 11.8 Å². The minimum atomic E-state index is -0.731. The molecule has 5 fully saturated rings. The van der Waals surface area contributed by atoms with Crippen LogP contribution in [0.25, 0.3) is 0 Å². The van der Waals surface area contributed by atoms with Gasteiger partial charge >= 0.3 is 5.97 Å². The highest BCUT2D eigenvalue weighted by Gasteiger charge is 2.48. The highest BCUT2D eigenvalue weighted by Crippen LogP contribution is 2.53. The standard InChI is InChI=1S/C26H37N3O3S/c1-2-8-33-26-21(5-6-22(27-26)29-7-3-4-16(15-29)14-23(30)31)25(32)28-24-19-10-17-9-18(12-19)13-20(24)11-17/h5-6,16-20,24H,2-4,7-15H2,1H3,(H,28,32)(H,30,31)/t16-,17?,18?,19?,20?,24?/m0/s1. The van der Waals surface area contributed by atoms with Gasteiger partial charge in [0.25, 0.3) is 5.91 Å². The van der Waals surface area contributed by atoms with Gasteiger partial charge in [-0.3, -0.25) is 9.59 Å². The zero-order valence-electron chi connectivity index (χ0n) is 19.7. The van der Waals surface area contributed by atoms with E-state index in [2.05, 4.69) is 17.1 Å². The summed E-state index contributed by atoms with van der Waals surface area (Å²) in [6.07, 6.45) is 9.74. The van der Waals surface area contributed by atoms with E-state index in [0.717, 1.165) is 60.8 Å². The highest BCUT2D eigenvalue weighted by atomic mass is 32.2. The highest BCUT2D eigenvalue weighted by molar-refractivity contribution is 7.99. The first kappa shape index (κ1) is 23.0. The first-order valence-electron chi connectivity index (χ1n) is 12.9. The second-order valence-corrected chi connectivity index (χ2v) is 11.9. The molecule has 6 nitrogen and oxygen atoms in total. The number of hydrogen-bond donors (Lipinski definition) is 2. The molecule has 0 aromatic carbocycles. The van der Waals surface area contributed by atoms with E-state index in [0.29, 0.717) is 23.4 Å². The number of nitrogens with one attached hydrogen (secondary N) is 1. The Hall–Kier alpha value is -1.76. The number of carbonyl (C=O) groups is 2. The average Bonchev–Trinajstić information content (AvgIpc) is 2.79. The van der Waals surface area contributed by atoms with Gasteiger partial charge in [0.05, 0.1) is 5.56 Å². The van der Waals surface area contributed by atoms with Crippen LogP contribution in [0.15, 0.2) is 17.2 Å². The molecule has 4 saturated carbocycles. The molecule has 1 aromatic heterocycles. The van der Waals surface area contributed by atoms with E-state index in [1.807, 2.05) is 12.1 Å². The van der Waals surface area contributed by atoms with Gasteiger partial charge in [-0.1, -0.05) is 6.92 Å². The summed E-state index contributed by atoms with van der Waals surface area (Å²) in [6.45, 7) is 3.75. The van der Waals surface area contributed by atoms with Crippen molar-refractivity contribution < 1.29 is 14.7 Å². The number of piperidine rings is 1. The van der Waals surface area contributed by atoms with Gasteiger partial charge in [-0.15, -0.1) is 11.8 Å². The third-order valence-electron chi connectivity index (χ3n) is 8.36. The van der Waals surface area contributed by atoms with Crippen LogP contribution in [0.3, 0.4) is 0 Å². The van der Waals surface area contributed by atoms with Gasteiger partial charge in [0, 0.05) is 25.6 Å². The normalized spacial score (nSPS) is 32.7. The molecule has 1 amide bonds. The Labute approximate surface area is 201 Å². The molecule has 1 aromatic rings. The summed E-state index contributed by atoms with van der Waals surface area (Å²) in [5, 5.41) is 13.5. The van der Waals surface area contributed by atoms with Crippen molar-refractivity contribution in [1.82, 2.24) is 10.3 Å². The molecule has 2 heterocycles. The monoisotopic (exact) mass is 471 g/mol. The average molecular weight is 472 g/mol. The quantitative estimate of drug-likeness (QED) is 0.529. The molecule has 1 aliphatic heterocycles. The Morgan fingerprint density at radius 3 is 2.55 bits per heavy atom. The first-order chi connectivity index (χ1) is 16.0.